The molecule has 30 heavy (non-hydrogen) atoms. The van der Waals surface area contributed by atoms with Gasteiger partial charge in [0.15, 0.2) is 16.7 Å². The van der Waals surface area contributed by atoms with E-state index in [2.05, 4.69) is 10.3 Å². The van der Waals surface area contributed by atoms with Crippen molar-refractivity contribution < 1.29 is 14.3 Å². The average Bonchev–Trinajstić information content (AvgIpc) is 3.35. The number of hydrogen-bond acceptors (Lipinski definition) is 6. The maximum atomic E-state index is 12.4. The zero-order valence-corrected chi connectivity index (χ0v) is 18.5. The molecule has 1 aliphatic heterocycles. The molecule has 0 atom stereocenters. The molecule has 0 spiro atoms. The number of benzene rings is 2. The van der Waals surface area contributed by atoms with Crippen LogP contribution in [0, 0.1) is 0 Å². The minimum Gasteiger partial charge on any atom is -0.493 e. The van der Waals surface area contributed by atoms with E-state index in [0.717, 1.165) is 21.7 Å². The monoisotopic (exact) mass is 456 g/mol. The molecule has 8 heteroatoms. The zero-order valence-electron chi connectivity index (χ0n) is 16.1. The highest BCUT2D eigenvalue weighted by Crippen LogP contribution is 2.35. The van der Waals surface area contributed by atoms with Crippen LogP contribution in [-0.2, 0) is 4.79 Å². The summed E-state index contributed by atoms with van der Waals surface area (Å²) >= 11 is 8.85. The van der Waals surface area contributed by atoms with Gasteiger partial charge in [0, 0.05) is 15.3 Å². The molecule has 1 amide bonds. The number of nitrogens with zero attached hydrogens (tertiary/aromatic N) is 1. The van der Waals surface area contributed by atoms with E-state index < -0.39 is 0 Å². The van der Waals surface area contributed by atoms with Crippen LogP contribution in [-0.4, -0.2) is 25.3 Å². The summed E-state index contributed by atoms with van der Waals surface area (Å²) in [4.78, 5) is 18.6. The van der Waals surface area contributed by atoms with Gasteiger partial charge in [-0.1, -0.05) is 29.8 Å². The second-order valence-electron chi connectivity index (χ2n) is 6.27. The van der Waals surface area contributed by atoms with Gasteiger partial charge in [-0.25, -0.2) is 4.99 Å². The molecule has 2 aromatic carbocycles. The fraction of sp³-hybridized carbons (Fsp3) is 0.0909. The minimum absolute atomic E-state index is 0.179. The number of thioether (sulfide) groups is 1. The fourth-order valence-corrected chi connectivity index (χ4v) is 4.64. The number of aliphatic imine (C=N–C) groups is 1. The molecule has 4 rings (SSSR count). The molecule has 0 unspecified atom stereocenters. The molecule has 0 radical (unpaired) electrons. The predicted molar refractivity (Wildman–Crippen MR) is 125 cm³/mol. The lowest BCUT2D eigenvalue weighted by atomic mass is 10.2. The normalized spacial score (nSPS) is 16.2. The van der Waals surface area contributed by atoms with Crippen LogP contribution in [0.2, 0.25) is 5.02 Å². The van der Waals surface area contributed by atoms with Crippen molar-refractivity contribution in [1.82, 2.24) is 5.32 Å². The molecule has 1 N–H and O–H groups in total. The summed E-state index contributed by atoms with van der Waals surface area (Å²) in [7, 11) is 3.16. The Morgan fingerprint density at radius 1 is 1.03 bits per heavy atom. The van der Waals surface area contributed by atoms with Crippen molar-refractivity contribution >= 4 is 57.5 Å². The third-order valence-electron chi connectivity index (χ3n) is 4.30. The first kappa shape index (κ1) is 20.5. The molecule has 152 valence electrons. The van der Waals surface area contributed by atoms with E-state index in [1.807, 2.05) is 47.8 Å². The summed E-state index contributed by atoms with van der Waals surface area (Å²) in [6.07, 6.45) is 1.80. The number of halogens is 1. The van der Waals surface area contributed by atoms with Gasteiger partial charge in [-0.05, 0) is 59.3 Å². The van der Waals surface area contributed by atoms with Gasteiger partial charge in [-0.15, -0.1) is 11.3 Å². The molecule has 0 aliphatic carbocycles. The average molecular weight is 457 g/mol. The molecule has 2 heterocycles. The Balaban J connectivity index is 1.53. The van der Waals surface area contributed by atoms with E-state index in [1.165, 1.54) is 11.8 Å². The van der Waals surface area contributed by atoms with Crippen molar-refractivity contribution in [1.29, 1.82) is 0 Å². The number of methoxy groups -OCH3 is 2. The molecule has 1 aromatic heterocycles. The van der Waals surface area contributed by atoms with Crippen LogP contribution in [0.4, 0.5) is 5.69 Å². The van der Waals surface area contributed by atoms with Crippen LogP contribution in [0.5, 0.6) is 11.5 Å². The summed E-state index contributed by atoms with van der Waals surface area (Å²) in [5, 5.41) is 6.03. The van der Waals surface area contributed by atoms with Crippen LogP contribution in [0.1, 0.15) is 5.56 Å². The Kier molecular flexibility index (Phi) is 6.13. The van der Waals surface area contributed by atoms with Crippen molar-refractivity contribution in [2.24, 2.45) is 4.99 Å². The summed E-state index contributed by atoms with van der Waals surface area (Å²) < 4.78 is 10.6. The van der Waals surface area contributed by atoms with Crippen molar-refractivity contribution in [3.63, 3.8) is 0 Å². The molecular formula is C22H17ClN2O3S2. The maximum absolute atomic E-state index is 12.4. The van der Waals surface area contributed by atoms with Crippen molar-refractivity contribution in [3.8, 4) is 21.9 Å². The number of amides is 1. The van der Waals surface area contributed by atoms with Crippen LogP contribution in [0.25, 0.3) is 16.5 Å². The number of hydrogen-bond donors (Lipinski definition) is 1. The second-order valence-corrected chi connectivity index (χ2v) is 8.65. The summed E-state index contributed by atoms with van der Waals surface area (Å²) in [6.45, 7) is 0. The fourth-order valence-electron chi connectivity index (χ4n) is 2.84. The van der Waals surface area contributed by atoms with E-state index in [4.69, 9.17) is 21.1 Å². The Morgan fingerprint density at radius 2 is 1.80 bits per heavy atom. The molecule has 0 bridgehead atoms. The number of amidine groups is 1. The topological polar surface area (TPSA) is 59.9 Å². The highest BCUT2D eigenvalue weighted by Gasteiger charge is 2.24. The molecule has 5 nitrogen and oxygen atoms in total. The Bertz CT molecular complexity index is 1150. The maximum Gasteiger partial charge on any atom is 0.264 e. The van der Waals surface area contributed by atoms with Gasteiger partial charge in [0.1, 0.15) is 0 Å². The van der Waals surface area contributed by atoms with Gasteiger partial charge in [-0.2, -0.15) is 0 Å². The first-order chi connectivity index (χ1) is 14.6. The van der Waals surface area contributed by atoms with Gasteiger partial charge in [0.05, 0.1) is 24.8 Å². The molecule has 1 saturated heterocycles. The lowest BCUT2D eigenvalue weighted by Crippen LogP contribution is -2.19. The number of carbonyl (C=O) groups excluding carboxylic acids is 1. The third-order valence-corrected chi connectivity index (χ3v) is 6.43. The summed E-state index contributed by atoms with van der Waals surface area (Å²) in [5.74, 6) is 1.07. The first-order valence-corrected chi connectivity index (χ1v) is 11.0. The van der Waals surface area contributed by atoms with Crippen molar-refractivity contribution in [2.45, 2.75) is 0 Å². The molecule has 3 aromatic rings. The third kappa shape index (κ3) is 4.53. The molecule has 1 aliphatic rings. The van der Waals surface area contributed by atoms with Crippen LogP contribution in [0.3, 0.4) is 0 Å². The van der Waals surface area contributed by atoms with Gasteiger partial charge >= 0.3 is 0 Å². The summed E-state index contributed by atoms with van der Waals surface area (Å²) in [6, 6.07) is 15.2. The Morgan fingerprint density at radius 3 is 2.53 bits per heavy atom. The lowest BCUT2D eigenvalue weighted by molar-refractivity contribution is -0.115. The van der Waals surface area contributed by atoms with Gasteiger partial charge in [0.25, 0.3) is 5.91 Å². The van der Waals surface area contributed by atoms with E-state index in [1.54, 1.807) is 37.7 Å². The van der Waals surface area contributed by atoms with Gasteiger partial charge in [-0.3, -0.25) is 4.79 Å². The Hall–Kier alpha value is -2.74. The van der Waals surface area contributed by atoms with Crippen LogP contribution >= 0.6 is 34.7 Å². The Labute approximate surface area is 187 Å². The number of nitrogens with one attached hydrogen (secondary N) is 1. The molecule has 0 saturated carbocycles. The van der Waals surface area contributed by atoms with Crippen molar-refractivity contribution in [3.05, 3.63) is 69.4 Å². The highest BCUT2D eigenvalue weighted by atomic mass is 35.5. The quantitative estimate of drug-likeness (QED) is 0.480. The lowest BCUT2D eigenvalue weighted by Gasteiger charge is -2.07. The molecule has 1 fully saturated rings. The smallest absolute Gasteiger partial charge is 0.264 e. The van der Waals surface area contributed by atoms with E-state index in [0.29, 0.717) is 26.6 Å². The number of ether oxygens (including phenoxy) is 2. The van der Waals surface area contributed by atoms with E-state index in [9.17, 15) is 4.79 Å². The standard InChI is InChI=1S/C22H17ClN2O3S2/c1-27-17-8-3-13(9-18(17)28-2)10-20-21(26)25-22(30-20)24-16-11-19(29-12-16)14-4-6-15(23)7-5-14/h3-12H,1-2H3,(H,24,25,26)/b20-10-. The summed E-state index contributed by atoms with van der Waals surface area (Å²) in [5.41, 5.74) is 2.71. The van der Waals surface area contributed by atoms with E-state index >= 15 is 0 Å². The van der Waals surface area contributed by atoms with E-state index in [-0.39, 0.29) is 5.91 Å². The second kappa shape index (κ2) is 8.95. The van der Waals surface area contributed by atoms with Gasteiger partial charge < -0.3 is 14.8 Å². The zero-order chi connectivity index (χ0) is 21.1. The number of carbonyl (C=O) groups is 1. The van der Waals surface area contributed by atoms with Crippen molar-refractivity contribution in [2.75, 3.05) is 14.2 Å². The highest BCUT2D eigenvalue weighted by molar-refractivity contribution is 8.18. The SMILES string of the molecule is COc1ccc(/C=C2\SC(=Nc3csc(-c4ccc(Cl)cc4)c3)NC2=O)cc1OC. The molecular weight excluding hydrogens is 440 g/mol. The first-order valence-electron chi connectivity index (χ1n) is 8.92. The number of rotatable bonds is 5. The predicted octanol–water partition coefficient (Wildman–Crippen LogP) is 5.98. The van der Waals surface area contributed by atoms with Crippen LogP contribution < -0.4 is 14.8 Å². The largest absolute Gasteiger partial charge is 0.493 e. The number of thiophene rings is 1. The van der Waals surface area contributed by atoms with Crippen LogP contribution in [0.15, 0.2) is 63.8 Å². The minimum atomic E-state index is -0.179. The van der Waals surface area contributed by atoms with Gasteiger partial charge in [0.2, 0.25) is 0 Å².